The highest BCUT2D eigenvalue weighted by Crippen LogP contribution is 2.29. The minimum atomic E-state index is -3.83. The first-order valence-electron chi connectivity index (χ1n) is 8.00. The van der Waals surface area contributed by atoms with Gasteiger partial charge in [0, 0.05) is 7.05 Å². The summed E-state index contributed by atoms with van der Waals surface area (Å²) >= 11 is 0. The van der Waals surface area contributed by atoms with Gasteiger partial charge >= 0.3 is 6.09 Å². The van der Waals surface area contributed by atoms with Crippen LogP contribution in [-0.2, 0) is 19.0 Å². The van der Waals surface area contributed by atoms with Crippen molar-refractivity contribution < 1.29 is 22.1 Å². The minimum absolute atomic E-state index is 0.0467. The first-order valence-corrected chi connectivity index (χ1v) is 9.41. The highest BCUT2D eigenvalue weighted by Gasteiger charge is 2.28. The molecule has 1 aromatic rings. The molecule has 0 bridgehead atoms. The van der Waals surface area contributed by atoms with Crippen LogP contribution in [-0.4, -0.2) is 33.3 Å². The fraction of sp³-hybridized carbons (Fsp3) is 0.588. The van der Waals surface area contributed by atoms with Gasteiger partial charge in [-0.2, -0.15) is 8.42 Å². The fourth-order valence-corrected chi connectivity index (χ4v) is 3.39. The van der Waals surface area contributed by atoms with Crippen LogP contribution in [0.4, 0.5) is 10.5 Å². The molecule has 0 aliphatic heterocycles. The standard InChI is InChI=1S/C17H25NO5S/c1-12-9-10-14(24(20,21)23-13-7-6-8-13)11-15(12)18(5)16(19)22-17(2,3)4/h9-11,13H,6-8H2,1-5H3. The minimum Gasteiger partial charge on any atom is -0.443 e. The van der Waals surface area contributed by atoms with Gasteiger partial charge in [-0.1, -0.05) is 6.07 Å². The molecule has 0 saturated heterocycles. The highest BCUT2D eigenvalue weighted by molar-refractivity contribution is 7.86. The van der Waals surface area contributed by atoms with E-state index in [1.807, 2.05) is 0 Å². The van der Waals surface area contributed by atoms with Crippen molar-refractivity contribution in [2.24, 2.45) is 0 Å². The monoisotopic (exact) mass is 355 g/mol. The van der Waals surface area contributed by atoms with Crippen molar-refractivity contribution in [3.63, 3.8) is 0 Å². The van der Waals surface area contributed by atoms with Crippen LogP contribution < -0.4 is 4.90 Å². The smallest absolute Gasteiger partial charge is 0.414 e. The second-order valence-electron chi connectivity index (χ2n) is 7.09. The van der Waals surface area contributed by atoms with Crippen molar-refractivity contribution in [2.45, 2.75) is 63.6 Å². The zero-order valence-corrected chi connectivity index (χ0v) is 15.6. The summed E-state index contributed by atoms with van der Waals surface area (Å²) in [5.74, 6) is 0. The molecule has 6 nitrogen and oxygen atoms in total. The zero-order valence-electron chi connectivity index (χ0n) is 14.8. The third kappa shape index (κ3) is 4.48. The Hall–Kier alpha value is -1.60. The van der Waals surface area contributed by atoms with Crippen molar-refractivity contribution in [3.05, 3.63) is 23.8 Å². The van der Waals surface area contributed by atoms with Crippen LogP contribution in [0.15, 0.2) is 23.1 Å². The number of nitrogens with zero attached hydrogens (tertiary/aromatic N) is 1. The second kappa shape index (κ2) is 6.72. The van der Waals surface area contributed by atoms with E-state index in [1.165, 1.54) is 17.0 Å². The maximum absolute atomic E-state index is 12.4. The van der Waals surface area contributed by atoms with E-state index in [9.17, 15) is 13.2 Å². The lowest BCUT2D eigenvalue weighted by atomic mass is 9.97. The van der Waals surface area contributed by atoms with Gasteiger partial charge in [0.05, 0.1) is 16.7 Å². The van der Waals surface area contributed by atoms with Crippen molar-refractivity contribution in [3.8, 4) is 0 Å². The number of ether oxygens (including phenoxy) is 1. The molecule has 1 fully saturated rings. The number of carbonyl (C=O) groups excluding carboxylic acids is 1. The van der Waals surface area contributed by atoms with Gasteiger partial charge in [-0.3, -0.25) is 9.08 Å². The summed E-state index contributed by atoms with van der Waals surface area (Å²) in [5, 5.41) is 0. The van der Waals surface area contributed by atoms with Crippen LogP contribution in [0.5, 0.6) is 0 Å². The lowest BCUT2D eigenvalue weighted by molar-refractivity contribution is 0.0589. The number of amides is 1. The summed E-state index contributed by atoms with van der Waals surface area (Å²) in [6.07, 6.45) is 1.73. The molecule has 0 heterocycles. The van der Waals surface area contributed by atoms with E-state index in [0.29, 0.717) is 5.69 Å². The Morgan fingerprint density at radius 2 is 1.88 bits per heavy atom. The molecule has 0 unspecified atom stereocenters. The van der Waals surface area contributed by atoms with E-state index in [2.05, 4.69) is 0 Å². The van der Waals surface area contributed by atoms with E-state index >= 15 is 0 Å². The highest BCUT2D eigenvalue weighted by atomic mass is 32.2. The van der Waals surface area contributed by atoms with Crippen LogP contribution in [0.2, 0.25) is 0 Å². The molecule has 1 aromatic carbocycles. The Morgan fingerprint density at radius 1 is 1.25 bits per heavy atom. The Bertz CT molecular complexity index is 717. The first-order chi connectivity index (χ1) is 11.0. The molecule has 7 heteroatoms. The molecule has 0 radical (unpaired) electrons. The Kier molecular flexibility index (Phi) is 5.25. The van der Waals surface area contributed by atoms with Gasteiger partial charge in [0.1, 0.15) is 5.60 Å². The predicted octanol–water partition coefficient (Wildman–Crippen LogP) is 3.62. The normalized spacial score (nSPS) is 15.7. The van der Waals surface area contributed by atoms with Gasteiger partial charge in [-0.25, -0.2) is 4.79 Å². The van der Waals surface area contributed by atoms with Gasteiger partial charge in [0.15, 0.2) is 0 Å². The molecule has 1 aliphatic rings. The molecule has 1 amide bonds. The molecule has 1 aliphatic carbocycles. The third-order valence-corrected chi connectivity index (χ3v) is 5.17. The maximum atomic E-state index is 12.4. The SMILES string of the molecule is Cc1ccc(S(=O)(=O)OC2CCC2)cc1N(C)C(=O)OC(C)(C)C. The van der Waals surface area contributed by atoms with Gasteiger partial charge < -0.3 is 4.74 Å². The fourth-order valence-electron chi connectivity index (χ4n) is 2.24. The number of aryl methyl sites for hydroxylation is 1. The topological polar surface area (TPSA) is 72.9 Å². The summed E-state index contributed by atoms with van der Waals surface area (Å²) in [6.45, 7) is 7.14. The molecule has 0 spiro atoms. The molecule has 24 heavy (non-hydrogen) atoms. The summed E-state index contributed by atoms with van der Waals surface area (Å²) < 4.78 is 35.3. The summed E-state index contributed by atoms with van der Waals surface area (Å²) in [7, 11) is -2.28. The first kappa shape index (κ1) is 18.7. The van der Waals surface area contributed by atoms with E-state index < -0.39 is 21.8 Å². The number of hydrogen-bond donors (Lipinski definition) is 0. The summed E-state index contributed by atoms with van der Waals surface area (Å²) in [4.78, 5) is 13.6. The lowest BCUT2D eigenvalue weighted by Gasteiger charge is -2.27. The second-order valence-corrected chi connectivity index (χ2v) is 8.66. The number of benzene rings is 1. The lowest BCUT2D eigenvalue weighted by Crippen LogP contribution is -2.34. The molecule has 134 valence electrons. The van der Waals surface area contributed by atoms with E-state index in [4.69, 9.17) is 8.92 Å². The molecule has 0 atom stereocenters. The summed E-state index contributed by atoms with van der Waals surface area (Å²) in [5.41, 5.74) is 0.615. The molecule has 0 N–H and O–H groups in total. The number of rotatable bonds is 4. The molecule has 2 rings (SSSR count). The average Bonchev–Trinajstić information content (AvgIpc) is 2.41. The van der Waals surface area contributed by atoms with Gasteiger partial charge in [-0.15, -0.1) is 0 Å². The zero-order chi connectivity index (χ0) is 18.1. The van der Waals surface area contributed by atoms with Crippen molar-refractivity contribution in [1.82, 2.24) is 0 Å². The number of hydrogen-bond acceptors (Lipinski definition) is 5. The molecule has 0 aromatic heterocycles. The Labute approximate surface area is 143 Å². The largest absolute Gasteiger partial charge is 0.443 e. The van der Waals surface area contributed by atoms with E-state index in [-0.39, 0.29) is 11.0 Å². The van der Waals surface area contributed by atoms with Crippen LogP contribution >= 0.6 is 0 Å². The maximum Gasteiger partial charge on any atom is 0.414 e. The predicted molar refractivity (Wildman–Crippen MR) is 91.7 cm³/mol. The molecule has 1 saturated carbocycles. The van der Waals surface area contributed by atoms with E-state index in [1.54, 1.807) is 40.8 Å². The van der Waals surface area contributed by atoms with Crippen LogP contribution in [0.3, 0.4) is 0 Å². The third-order valence-electron chi connectivity index (χ3n) is 3.81. The van der Waals surface area contributed by atoms with Gasteiger partial charge in [0.2, 0.25) is 0 Å². The van der Waals surface area contributed by atoms with Crippen molar-refractivity contribution in [1.29, 1.82) is 0 Å². The Balaban J connectivity index is 2.26. The quantitative estimate of drug-likeness (QED) is 0.771. The molecular formula is C17H25NO5S. The van der Waals surface area contributed by atoms with Crippen molar-refractivity contribution >= 4 is 21.9 Å². The molecular weight excluding hydrogens is 330 g/mol. The number of anilines is 1. The van der Waals surface area contributed by atoms with E-state index in [0.717, 1.165) is 24.8 Å². The van der Waals surface area contributed by atoms with Crippen LogP contribution in [0.25, 0.3) is 0 Å². The van der Waals surface area contributed by atoms with Crippen LogP contribution in [0, 0.1) is 6.92 Å². The number of carbonyl (C=O) groups is 1. The summed E-state index contributed by atoms with van der Waals surface area (Å²) in [6, 6.07) is 4.61. The van der Waals surface area contributed by atoms with Gasteiger partial charge in [0.25, 0.3) is 10.1 Å². The van der Waals surface area contributed by atoms with Crippen LogP contribution in [0.1, 0.15) is 45.6 Å². The average molecular weight is 355 g/mol. The van der Waals surface area contributed by atoms with Gasteiger partial charge in [-0.05, 0) is 64.7 Å². The Morgan fingerprint density at radius 3 is 2.38 bits per heavy atom. The van der Waals surface area contributed by atoms with Crippen molar-refractivity contribution in [2.75, 3.05) is 11.9 Å².